The van der Waals surface area contributed by atoms with Crippen molar-refractivity contribution in [1.82, 2.24) is 15.8 Å². The predicted molar refractivity (Wildman–Crippen MR) is 121 cm³/mol. The molecular weight excluding hydrogens is 432 g/mol. The van der Waals surface area contributed by atoms with Gasteiger partial charge in [-0.25, -0.2) is 4.79 Å². The number of ether oxygens (including phenoxy) is 1. The fourth-order valence-electron chi connectivity index (χ4n) is 3.00. The van der Waals surface area contributed by atoms with E-state index in [1.54, 1.807) is 72.8 Å². The van der Waals surface area contributed by atoms with E-state index in [9.17, 15) is 14.4 Å². The monoisotopic (exact) mass is 448 g/mol. The molecule has 4 rings (SSSR count). The number of hydrogen-bond acceptors (Lipinski definition) is 4. The highest BCUT2D eigenvalue weighted by atomic mass is 35.5. The first-order valence-corrected chi connectivity index (χ1v) is 9.89. The Morgan fingerprint density at radius 3 is 2.34 bits per heavy atom. The molecule has 3 amide bonds. The number of fused-ring (bicyclic) bond motifs is 1. The maximum atomic E-state index is 12.6. The summed E-state index contributed by atoms with van der Waals surface area (Å²) in [5.41, 5.74) is 6.03. The third-order valence-electron chi connectivity index (χ3n) is 4.48. The number of hydrazine groups is 1. The van der Waals surface area contributed by atoms with Crippen molar-refractivity contribution in [2.45, 2.75) is 0 Å². The number of amides is 3. The zero-order valence-corrected chi connectivity index (χ0v) is 17.3. The van der Waals surface area contributed by atoms with Crippen LogP contribution in [0.1, 0.15) is 20.8 Å². The highest BCUT2D eigenvalue weighted by Crippen LogP contribution is 2.20. The van der Waals surface area contributed by atoms with Crippen molar-refractivity contribution in [3.63, 3.8) is 0 Å². The number of rotatable bonds is 4. The fourth-order valence-corrected chi connectivity index (χ4v) is 3.18. The molecule has 0 fully saturated rings. The summed E-state index contributed by atoms with van der Waals surface area (Å²) in [5, 5.41) is 3.84. The van der Waals surface area contributed by atoms with Crippen LogP contribution in [0.15, 0.2) is 78.9 Å². The summed E-state index contributed by atoms with van der Waals surface area (Å²) >= 11 is 5.96. The molecule has 8 nitrogen and oxygen atoms in total. The average Bonchev–Trinajstić information content (AvgIpc) is 3.21. The SMILES string of the molecule is O=C(Nc1ccccc1C(=O)NNC(=O)c1cc2cc(Cl)ccc2[nH]1)Oc1ccccc1. The summed E-state index contributed by atoms with van der Waals surface area (Å²) < 4.78 is 5.18. The Morgan fingerprint density at radius 2 is 1.53 bits per heavy atom. The first-order valence-electron chi connectivity index (χ1n) is 9.51. The van der Waals surface area contributed by atoms with E-state index in [2.05, 4.69) is 21.2 Å². The first kappa shape index (κ1) is 21.0. The smallest absolute Gasteiger partial charge is 0.410 e. The highest BCUT2D eigenvalue weighted by Gasteiger charge is 2.16. The van der Waals surface area contributed by atoms with Crippen LogP contribution in [0, 0.1) is 0 Å². The number of anilines is 1. The van der Waals surface area contributed by atoms with Crippen molar-refractivity contribution in [3.05, 3.63) is 95.1 Å². The van der Waals surface area contributed by atoms with Crippen LogP contribution >= 0.6 is 11.6 Å². The van der Waals surface area contributed by atoms with Gasteiger partial charge in [0.1, 0.15) is 11.4 Å². The molecule has 4 aromatic rings. The van der Waals surface area contributed by atoms with Gasteiger partial charge in [0.25, 0.3) is 11.8 Å². The van der Waals surface area contributed by atoms with Crippen molar-refractivity contribution in [2.75, 3.05) is 5.32 Å². The van der Waals surface area contributed by atoms with Gasteiger partial charge in [0, 0.05) is 15.9 Å². The average molecular weight is 449 g/mol. The van der Waals surface area contributed by atoms with E-state index in [1.165, 1.54) is 6.07 Å². The topological polar surface area (TPSA) is 112 Å². The third-order valence-corrected chi connectivity index (χ3v) is 4.71. The fraction of sp³-hybridized carbons (Fsp3) is 0. The second-order valence-corrected chi connectivity index (χ2v) is 7.13. The van der Waals surface area contributed by atoms with E-state index in [1.807, 2.05) is 0 Å². The maximum absolute atomic E-state index is 12.6. The summed E-state index contributed by atoms with van der Waals surface area (Å²) in [6.45, 7) is 0. The zero-order valence-electron chi connectivity index (χ0n) is 16.5. The molecule has 0 spiro atoms. The van der Waals surface area contributed by atoms with Crippen LogP contribution in [-0.4, -0.2) is 22.9 Å². The molecular formula is C23H17ClN4O4. The van der Waals surface area contributed by atoms with Crippen LogP contribution in [0.4, 0.5) is 10.5 Å². The maximum Gasteiger partial charge on any atom is 0.417 e. The van der Waals surface area contributed by atoms with Crippen molar-refractivity contribution < 1.29 is 19.1 Å². The Morgan fingerprint density at radius 1 is 0.812 bits per heavy atom. The number of nitrogens with one attached hydrogen (secondary N) is 4. The minimum atomic E-state index is -0.753. The van der Waals surface area contributed by atoms with Gasteiger partial charge in [0.15, 0.2) is 0 Å². The van der Waals surface area contributed by atoms with E-state index in [0.717, 1.165) is 10.9 Å². The number of para-hydroxylation sites is 2. The molecule has 0 aliphatic carbocycles. The van der Waals surface area contributed by atoms with Gasteiger partial charge >= 0.3 is 6.09 Å². The number of aromatic nitrogens is 1. The van der Waals surface area contributed by atoms with Crippen molar-refractivity contribution in [2.24, 2.45) is 0 Å². The number of halogens is 1. The van der Waals surface area contributed by atoms with Crippen LogP contribution in [-0.2, 0) is 0 Å². The van der Waals surface area contributed by atoms with Crippen molar-refractivity contribution >= 4 is 46.1 Å². The van der Waals surface area contributed by atoms with Gasteiger partial charge in [0.05, 0.1) is 11.3 Å². The second-order valence-electron chi connectivity index (χ2n) is 6.70. The van der Waals surface area contributed by atoms with Crippen LogP contribution < -0.4 is 20.9 Å². The van der Waals surface area contributed by atoms with E-state index >= 15 is 0 Å². The quantitative estimate of drug-likeness (QED) is 0.344. The van der Waals surface area contributed by atoms with Gasteiger partial charge in [-0.05, 0) is 48.5 Å². The summed E-state index contributed by atoms with van der Waals surface area (Å²) in [7, 11) is 0. The van der Waals surface area contributed by atoms with Crippen LogP contribution in [0.2, 0.25) is 5.02 Å². The molecule has 0 atom stereocenters. The Kier molecular flexibility index (Phi) is 6.05. The molecule has 0 aliphatic heterocycles. The Bertz CT molecular complexity index is 1300. The molecule has 0 unspecified atom stereocenters. The van der Waals surface area contributed by atoms with Gasteiger partial charge < -0.3 is 9.72 Å². The van der Waals surface area contributed by atoms with Crippen molar-refractivity contribution in [3.8, 4) is 5.75 Å². The molecule has 0 aliphatic rings. The minimum Gasteiger partial charge on any atom is -0.410 e. The van der Waals surface area contributed by atoms with E-state index < -0.39 is 17.9 Å². The lowest BCUT2D eigenvalue weighted by molar-refractivity contribution is 0.0845. The molecule has 3 aromatic carbocycles. The Labute approximate surface area is 187 Å². The molecule has 1 heterocycles. The molecule has 1 aromatic heterocycles. The largest absolute Gasteiger partial charge is 0.417 e. The van der Waals surface area contributed by atoms with Gasteiger partial charge in [-0.15, -0.1) is 0 Å². The molecule has 32 heavy (non-hydrogen) atoms. The first-order chi connectivity index (χ1) is 15.5. The molecule has 0 saturated carbocycles. The van der Waals surface area contributed by atoms with E-state index in [0.29, 0.717) is 10.8 Å². The second kappa shape index (κ2) is 9.23. The molecule has 160 valence electrons. The molecule has 4 N–H and O–H groups in total. The summed E-state index contributed by atoms with van der Waals surface area (Å²) in [6, 6.07) is 21.7. The summed E-state index contributed by atoms with van der Waals surface area (Å²) in [6.07, 6.45) is -0.753. The standard InChI is InChI=1S/C23H17ClN4O4/c24-15-10-11-18-14(12-15)13-20(25-18)22(30)28-27-21(29)17-8-4-5-9-19(17)26-23(31)32-16-6-2-1-3-7-16/h1-13,25H,(H,26,31)(H,27,29)(H,28,30). The number of carbonyl (C=O) groups is 3. The summed E-state index contributed by atoms with van der Waals surface area (Å²) in [4.78, 5) is 40.2. The van der Waals surface area contributed by atoms with Gasteiger partial charge in [0.2, 0.25) is 0 Å². The lowest BCUT2D eigenvalue weighted by Gasteiger charge is -2.12. The van der Waals surface area contributed by atoms with E-state index in [-0.39, 0.29) is 16.9 Å². The van der Waals surface area contributed by atoms with Crippen LogP contribution in [0.25, 0.3) is 10.9 Å². The van der Waals surface area contributed by atoms with Crippen molar-refractivity contribution in [1.29, 1.82) is 0 Å². The number of aromatic amines is 1. The summed E-state index contributed by atoms with van der Waals surface area (Å²) in [5.74, 6) is -0.800. The lowest BCUT2D eigenvalue weighted by atomic mass is 10.1. The molecule has 0 bridgehead atoms. The Hall–Kier alpha value is -4.30. The van der Waals surface area contributed by atoms with Crippen LogP contribution in [0.5, 0.6) is 5.75 Å². The predicted octanol–water partition coefficient (Wildman–Crippen LogP) is 4.51. The van der Waals surface area contributed by atoms with Gasteiger partial charge in [-0.1, -0.05) is 41.9 Å². The number of hydrogen-bond donors (Lipinski definition) is 4. The minimum absolute atomic E-state index is 0.140. The van der Waals surface area contributed by atoms with Gasteiger partial charge in [-0.2, -0.15) is 0 Å². The normalized spacial score (nSPS) is 10.4. The van der Waals surface area contributed by atoms with Gasteiger partial charge in [-0.3, -0.25) is 25.8 Å². The number of H-pyrrole nitrogens is 1. The highest BCUT2D eigenvalue weighted by molar-refractivity contribution is 6.31. The molecule has 9 heteroatoms. The molecule has 0 saturated heterocycles. The molecule has 0 radical (unpaired) electrons. The van der Waals surface area contributed by atoms with E-state index in [4.69, 9.17) is 16.3 Å². The number of carbonyl (C=O) groups excluding carboxylic acids is 3. The van der Waals surface area contributed by atoms with Crippen LogP contribution in [0.3, 0.4) is 0 Å². The lowest BCUT2D eigenvalue weighted by Crippen LogP contribution is -2.42. The zero-order chi connectivity index (χ0) is 22.5. The Balaban J connectivity index is 1.40. The number of benzene rings is 3. The third kappa shape index (κ3) is 4.88.